The second-order valence-electron chi connectivity index (χ2n) is 16.6. The van der Waals surface area contributed by atoms with Crippen LogP contribution < -0.4 is 0 Å². The quantitative estimate of drug-likeness (QED) is 0.168. The van der Waals surface area contributed by atoms with E-state index in [1.165, 1.54) is 60.4 Å². The molecular weight excluding hydrogens is 777 g/mol. The van der Waals surface area contributed by atoms with E-state index in [1.54, 1.807) is 0 Å². The molecule has 0 saturated heterocycles. The fourth-order valence-corrected chi connectivity index (χ4v) is 9.81. The number of hydrogen-bond acceptors (Lipinski definition) is 2. The first-order chi connectivity index (χ1) is 31.7. The summed E-state index contributed by atoms with van der Waals surface area (Å²) >= 11 is 0. The lowest BCUT2D eigenvalue weighted by atomic mass is 10.0. The van der Waals surface area contributed by atoms with Gasteiger partial charge in [-0.25, -0.2) is 9.97 Å². The van der Waals surface area contributed by atoms with Crippen molar-refractivity contribution < 1.29 is 0 Å². The Labute approximate surface area is 369 Å². The lowest BCUT2D eigenvalue weighted by Crippen LogP contribution is -2.03. The molecule has 0 aliphatic heterocycles. The molecule has 3 heterocycles. The highest BCUT2D eigenvalue weighted by atomic mass is 15.2. The SMILES string of the molecule is c1ccc(-c2ccc(-c3nc(-n4c5ccccc5c5cc(-c6ccc7c(c6)c6ccccc6n7-c6ccc(-c7ccc8ccccc8c7)cc6)ccc54)nc4ccccc34)cc2)cc1. The molecule has 298 valence electrons. The van der Waals surface area contributed by atoms with Gasteiger partial charge in [0.2, 0.25) is 5.95 Å². The van der Waals surface area contributed by atoms with Crippen LogP contribution in [0.25, 0.3) is 122 Å². The average molecular weight is 815 g/mol. The molecule has 0 N–H and O–H groups in total. The summed E-state index contributed by atoms with van der Waals surface area (Å²) < 4.78 is 4.62. The molecule has 64 heavy (non-hydrogen) atoms. The summed E-state index contributed by atoms with van der Waals surface area (Å²) in [7, 11) is 0. The Bertz CT molecular complexity index is 3930. The molecule has 0 amide bonds. The van der Waals surface area contributed by atoms with Gasteiger partial charge in [-0.15, -0.1) is 0 Å². The standard InChI is InChI=1S/C60H38N4/c1-2-12-39(13-3-1)41-22-25-43(26-23-41)59-51-18-6-9-19-54(51)61-60(62-59)64-56-21-11-8-17-50(56)53-38-47(31-35-58(53)64)46-30-34-57-52(37-46)49-16-7-10-20-55(49)63(57)48-32-28-42(29-33-48)45-27-24-40-14-4-5-15-44(40)36-45/h1-38H. The van der Waals surface area contributed by atoms with Gasteiger partial charge in [-0.1, -0.05) is 170 Å². The minimum absolute atomic E-state index is 0.652. The Morgan fingerprint density at radius 3 is 1.45 bits per heavy atom. The number of nitrogens with zero attached hydrogens (tertiary/aromatic N) is 4. The minimum atomic E-state index is 0.652. The summed E-state index contributed by atoms with van der Waals surface area (Å²) in [5, 5.41) is 8.31. The normalized spacial score (nSPS) is 11.8. The van der Waals surface area contributed by atoms with Crippen LogP contribution in [0.3, 0.4) is 0 Å². The second kappa shape index (κ2) is 14.5. The molecule has 0 aliphatic rings. The fourth-order valence-electron chi connectivity index (χ4n) is 9.81. The van der Waals surface area contributed by atoms with Gasteiger partial charge in [0.25, 0.3) is 0 Å². The van der Waals surface area contributed by atoms with Crippen molar-refractivity contribution in [2.45, 2.75) is 0 Å². The molecule has 4 heteroatoms. The van der Waals surface area contributed by atoms with Gasteiger partial charge in [0.15, 0.2) is 0 Å². The number of para-hydroxylation sites is 3. The van der Waals surface area contributed by atoms with Crippen LogP contribution in [-0.2, 0) is 0 Å². The van der Waals surface area contributed by atoms with E-state index in [0.717, 1.165) is 55.2 Å². The van der Waals surface area contributed by atoms with Gasteiger partial charge in [-0.05, 0) is 105 Å². The first-order valence-electron chi connectivity index (χ1n) is 21.8. The molecule has 13 aromatic rings. The third kappa shape index (κ3) is 5.84. The molecule has 0 fully saturated rings. The third-order valence-electron chi connectivity index (χ3n) is 12.9. The van der Waals surface area contributed by atoms with Crippen molar-refractivity contribution in [1.29, 1.82) is 0 Å². The predicted molar refractivity (Wildman–Crippen MR) is 267 cm³/mol. The highest BCUT2D eigenvalue weighted by Crippen LogP contribution is 2.39. The molecular formula is C60H38N4. The molecule has 0 bridgehead atoms. The molecule has 10 aromatic carbocycles. The number of aromatic nitrogens is 4. The molecule has 0 radical (unpaired) electrons. The maximum Gasteiger partial charge on any atom is 0.235 e. The van der Waals surface area contributed by atoms with Crippen molar-refractivity contribution in [3.8, 4) is 56.3 Å². The maximum atomic E-state index is 5.37. The summed E-state index contributed by atoms with van der Waals surface area (Å²) in [4.78, 5) is 10.6. The molecule has 0 atom stereocenters. The Morgan fingerprint density at radius 2 is 0.734 bits per heavy atom. The number of hydrogen-bond donors (Lipinski definition) is 0. The molecule has 3 aromatic heterocycles. The zero-order chi connectivity index (χ0) is 42.1. The first kappa shape index (κ1) is 36.1. The van der Waals surface area contributed by atoms with E-state index in [2.05, 4.69) is 240 Å². The van der Waals surface area contributed by atoms with Gasteiger partial charge in [0, 0.05) is 38.2 Å². The van der Waals surface area contributed by atoms with Gasteiger partial charge in [0.05, 0.1) is 33.3 Å². The largest absolute Gasteiger partial charge is 0.309 e. The van der Waals surface area contributed by atoms with E-state index in [4.69, 9.17) is 9.97 Å². The van der Waals surface area contributed by atoms with Crippen LogP contribution >= 0.6 is 0 Å². The van der Waals surface area contributed by atoms with Crippen molar-refractivity contribution in [2.75, 3.05) is 0 Å². The van der Waals surface area contributed by atoms with Gasteiger partial charge in [-0.3, -0.25) is 4.57 Å². The second-order valence-corrected chi connectivity index (χ2v) is 16.6. The van der Waals surface area contributed by atoms with E-state index in [-0.39, 0.29) is 0 Å². The minimum Gasteiger partial charge on any atom is -0.309 e. The fraction of sp³-hybridized carbons (Fsp3) is 0. The summed E-state index contributed by atoms with van der Waals surface area (Å²) in [6, 6.07) is 82.9. The first-order valence-corrected chi connectivity index (χ1v) is 21.8. The van der Waals surface area contributed by atoms with Crippen LogP contribution in [0.4, 0.5) is 0 Å². The predicted octanol–water partition coefficient (Wildman–Crippen LogP) is 15.6. The number of fused-ring (bicyclic) bond motifs is 8. The van der Waals surface area contributed by atoms with Crippen molar-refractivity contribution >= 4 is 65.3 Å². The molecule has 0 spiro atoms. The Kier molecular flexibility index (Phi) is 8.18. The van der Waals surface area contributed by atoms with Crippen molar-refractivity contribution in [3.05, 3.63) is 231 Å². The topological polar surface area (TPSA) is 35.6 Å². The molecule has 0 saturated carbocycles. The Hall–Kier alpha value is -8.60. The Balaban J connectivity index is 0.909. The zero-order valence-electron chi connectivity index (χ0n) is 34.7. The van der Waals surface area contributed by atoms with Crippen molar-refractivity contribution in [1.82, 2.24) is 19.1 Å². The lowest BCUT2D eigenvalue weighted by Gasteiger charge is -2.12. The third-order valence-corrected chi connectivity index (χ3v) is 12.9. The summed E-state index contributed by atoms with van der Waals surface area (Å²) in [6.07, 6.45) is 0. The highest BCUT2D eigenvalue weighted by molar-refractivity contribution is 6.13. The molecule has 0 aliphatic carbocycles. The molecule has 4 nitrogen and oxygen atoms in total. The Morgan fingerprint density at radius 1 is 0.266 bits per heavy atom. The van der Waals surface area contributed by atoms with E-state index < -0.39 is 0 Å². The molecule has 0 unspecified atom stereocenters. The van der Waals surface area contributed by atoms with Crippen LogP contribution in [0.2, 0.25) is 0 Å². The van der Waals surface area contributed by atoms with E-state index in [1.807, 2.05) is 0 Å². The smallest absolute Gasteiger partial charge is 0.235 e. The van der Waals surface area contributed by atoms with Crippen LogP contribution in [0.5, 0.6) is 0 Å². The maximum absolute atomic E-state index is 5.37. The van der Waals surface area contributed by atoms with Gasteiger partial charge in [0.1, 0.15) is 0 Å². The van der Waals surface area contributed by atoms with Crippen LogP contribution in [0.15, 0.2) is 231 Å². The number of rotatable bonds is 6. The van der Waals surface area contributed by atoms with Gasteiger partial charge in [-0.2, -0.15) is 0 Å². The zero-order valence-corrected chi connectivity index (χ0v) is 34.7. The highest BCUT2D eigenvalue weighted by Gasteiger charge is 2.19. The van der Waals surface area contributed by atoms with Gasteiger partial charge >= 0.3 is 0 Å². The van der Waals surface area contributed by atoms with Crippen molar-refractivity contribution in [2.24, 2.45) is 0 Å². The molecule has 13 rings (SSSR count). The summed E-state index contributed by atoms with van der Waals surface area (Å²) in [5.41, 5.74) is 15.6. The number of benzene rings is 10. The van der Waals surface area contributed by atoms with E-state index >= 15 is 0 Å². The average Bonchev–Trinajstić information content (AvgIpc) is 3.88. The lowest BCUT2D eigenvalue weighted by molar-refractivity contribution is 1.01. The van der Waals surface area contributed by atoms with Crippen LogP contribution in [0.1, 0.15) is 0 Å². The monoisotopic (exact) mass is 814 g/mol. The summed E-state index contributed by atoms with van der Waals surface area (Å²) in [6.45, 7) is 0. The van der Waals surface area contributed by atoms with E-state index in [0.29, 0.717) is 5.95 Å². The summed E-state index contributed by atoms with van der Waals surface area (Å²) in [5.74, 6) is 0.652. The van der Waals surface area contributed by atoms with Crippen LogP contribution in [-0.4, -0.2) is 19.1 Å². The van der Waals surface area contributed by atoms with E-state index in [9.17, 15) is 0 Å². The van der Waals surface area contributed by atoms with Crippen LogP contribution in [0, 0.1) is 0 Å². The van der Waals surface area contributed by atoms with Gasteiger partial charge < -0.3 is 4.57 Å². The van der Waals surface area contributed by atoms with Crippen molar-refractivity contribution in [3.63, 3.8) is 0 Å².